The molecule has 0 aliphatic heterocycles. The molecule has 2 atom stereocenters. The van der Waals surface area contributed by atoms with Crippen molar-refractivity contribution in [1.29, 1.82) is 0 Å². The van der Waals surface area contributed by atoms with Gasteiger partial charge in [-0.25, -0.2) is 9.59 Å². The first kappa shape index (κ1) is 32.8. The van der Waals surface area contributed by atoms with E-state index in [0.717, 1.165) is 0 Å². The lowest BCUT2D eigenvalue weighted by atomic mass is 10.0. The predicted octanol–water partition coefficient (Wildman–Crippen LogP) is 0.803. The number of carbonyl (C=O) groups excluding carboxylic acids is 3. The Balaban J connectivity index is 0.00000560. The van der Waals surface area contributed by atoms with E-state index in [9.17, 15) is 14.4 Å². The summed E-state index contributed by atoms with van der Waals surface area (Å²) in [5.74, 6) is -0.831. The second kappa shape index (κ2) is 16.0. The maximum Gasteiger partial charge on any atom is 0.407 e. The lowest BCUT2D eigenvalue weighted by molar-refractivity contribution is -0.145. The number of methoxy groups -OCH3 is 1. The number of rotatable bonds is 12. The number of hydrogen-bond acceptors (Lipinski definition) is 5. The third-order valence-electron chi connectivity index (χ3n) is 6.49. The molecule has 2 amide bonds. The number of amides is 2. The fraction of sp³-hybridized carbons (Fsp3) is 0.323. The summed E-state index contributed by atoms with van der Waals surface area (Å²) < 4.78 is 10.4. The molecule has 0 aromatic heterocycles. The van der Waals surface area contributed by atoms with Crippen LogP contribution in [0.2, 0.25) is 0 Å². The lowest BCUT2D eigenvalue weighted by Crippen LogP contribution is -3.00. The Morgan fingerprint density at radius 3 is 1.60 bits per heavy atom. The summed E-state index contributed by atoms with van der Waals surface area (Å²) in [6, 6.07) is 29.3. The highest BCUT2D eigenvalue weighted by atomic mass is 35.5. The largest absolute Gasteiger partial charge is 1.00 e. The first-order chi connectivity index (χ1) is 18.8. The third-order valence-corrected chi connectivity index (χ3v) is 10.9. The van der Waals surface area contributed by atoms with Crippen LogP contribution in [0, 0.1) is 5.92 Å². The SMILES string of the molecule is COC(=O)C(CC(C)C)NC(=O)C(C)NC(=O)OCC[P+](c1ccccc1)(c1ccccc1)c1ccccc1.[Cl-]. The van der Waals surface area contributed by atoms with Gasteiger partial charge in [0, 0.05) is 0 Å². The Hall–Kier alpha value is -3.41. The second-order valence-corrected chi connectivity index (χ2v) is 13.4. The van der Waals surface area contributed by atoms with Crippen molar-refractivity contribution < 1.29 is 36.3 Å². The van der Waals surface area contributed by atoms with Crippen molar-refractivity contribution >= 4 is 41.1 Å². The second-order valence-electron chi connectivity index (χ2n) is 9.76. The summed E-state index contributed by atoms with van der Waals surface area (Å²) in [5.41, 5.74) is 0. The monoisotopic (exact) mass is 584 g/mol. The van der Waals surface area contributed by atoms with Crippen LogP contribution in [0.4, 0.5) is 4.79 Å². The van der Waals surface area contributed by atoms with Gasteiger partial charge in [0.1, 0.15) is 48.0 Å². The van der Waals surface area contributed by atoms with E-state index in [1.165, 1.54) is 23.0 Å². The van der Waals surface area contributed by atoms with Crippen LogP contribution >= 0.6 is 7.26 Å². The van der Waals surface area contributed by atoms with Crippen LogP contribution in [0.1, 0.15) is 27.2 Å². The fourth-order valence-corrected chi connectivity index (χ4v) is 8.64. The Morgan fingerprint density at radius 2 is 1.20 bits per heavy atom. The van der Waals surface area contributed by atoms with E-state index in [4.69, 9.17) is 9.47 Å². The van der Waals surface area contributed by atoms with Crippen LogP contribution in [0.3, 0.4) is 0 Å². The first-order valence-corrected chi connectivity index (χ1v) is 15.1. The standard InChI is InChI=1S/C31H37N2O5P.ClH/c1-23(2)22-28(30(35)37-4)33-29(34)24(3)32-31(36)38-20-21-39(25-14-8-5-9-15-25,26-16-10-6-11-17-26)27-18-12-7-13-19-27;/h5-19,23-24,28H,20-22H2,1-4H3,(H-,32,33,34,36);1H. The summed E-state index contributed by atoms with van der Waals surface area (Å²) in [6.07, 6.45) is 0.334. The molecule has 214 valence electrons. The van der Waals surface area contributed by atoms with Gasteiger partial charge >= 0.3 is 12.1 Å². The molecule has 0 radical (unpaired) electrons. The lowest BCUT2D eigenvalue weighted by Gasteiger charge is -2.27. The summed E-state index contributed by atoms with van der Waals surface area (Å²) in [7, 11) is -0.864. The van der Waals surface area contributed by atoms with Gasteiger partial charge in [-0.05, 0) is 55.7 Å². The minimum Gasteiger partial charge on any atom is -1.00 e. The molecule has 2 N–H and O–H groups in total. The maximum atomic E-state index is 12.7. The smallest absolute Gasteiger partial charge is 0.407 e. The number of ether oxygens (including phenoxy) is 2. The normalized spacial score (nSPS) is 12.4. The average molecular weight is 585 g/mol. The summed E-state index contributed by atoms with van der Waals surface area (Å²) in [6.45, 7) is 5.61. The highest BCUT2D eigenvalue weighted by Gasteiger charge is 2.45. The molecule has 0 aliphatic rings. The Kier molecular flexibility index (Phi) is 13.1. The zero-order valence-corrected chi connectivity index (χ0v) is 25.0. The van der Waals surface area contributed by atoms with Crippen LogP contribution in [0.25, 0.3) is 0 Å². The van der Waals surface area contributed by atoms with Crippen molar-refractivity contribution in [2.75, 3.05) is 19.9 Å². The predicted molar refractivity (Wildman–Crippen MR) is 157 cm³/mol. The number of carbonyl (C=O) groups is 3. The highest BCUT2D eigenvalue weighted by molar-refractivity contribution is 7.95. The molecule has 0 saturated heterocycles. The molecule has 3 aromatic carbocycles. The number of nitrogens with one attached hydrogen (secondary N) is 2. The zero-order valence-electron chi connectivity index (χ0n) is 23.4. The Bertz CT molecular complexity index is 1120. The van der Waals surface area contributed by atoms with Gasteiger partial charge in [-0.15, -0.1) is 0 Å². The fourth-order valence-electron chi connectivity index (χ4n) is 4.57. The van der Waals surface area contributed by atoms with Crippen LogP contribution < -0.4 is 39.0 Å². The van der Waals surface area contributed by atoms with Crippen molar-refractivity contribution in [2.45, 2.75) is 39.3 Å². The van der Waals surface area contributed by atoms with Gasteiger partial charge in [-0.2, -0.15) is 0 Å². The van der Waals surface area contributed by atoms with E-state index in [1.807, 2.05) is 68.4 Å². The first-order valence-electron chi connectivity index (χ1n) is 13.1. The summed E-state index contributed by atoms with van der Waals surface area (Å²) >= 11 is 0. The van der Waals surface area contributed by atoms with Gasteiger partial charge in [-0.1, -0.05) is 68.4 Å². The Labute approximate surface area is 243 Å². The number of alkyl carbamates (subject to hydrolysis) is 1. The molecule has 9 heteroatoms. The molecule has 2 unspecified atom stereocenters. The molecule has 7 nitrogen and oxygen atoms in total. The van der Waals surface area contributed by atoms with Gasteiger partial charge in [0.15, 0.2) is 0 Å². The molecule has 0 aliphatic carbocycles. The van der Waals surface area contributed by atoms with Crippen molar-refractivity contribution in [3.8, 4) is 0 Å². The number of benzene rings is 3. The van der Waals surface area contributed by atoms with E-state index in [-0.39, 0.29) is 24.9 Å². The van der Waals surface area contributed by atoms with Crippen molar-refractivity contribution in [3.05, 3.63) is 91.0 Å². The molecular weight excluding hydrogens is 547 g/mol. The molecule has 40 heavy (non-hydrogen) atoms. The van der Waals surface area contributed by atoms with E-state index < -0.39 is 37.3 Å². The molecular formula is C31H38ClN2O5P. The van der Waals surface area contributed by atoms with Gasteiger partial charge in [0.05, 0.1) is 7.11 Å². The minimum absolute atomic E-state index is 0. The number of esters is 1. The molecule has 0 fully saturated rings. The highest BCUT2D eigenvalue weighted by Crippen LogP contribution is 2.54. The number of hydrogen-bond donors (Lipinski definition) is 2. The van der Waals surface area contributed by atoms with Crippen LogP contribution in [0.15, 0.2) is 91.0 Å². The van der Waals surface area contributed by atoms with Gasteiger partial charge in [0.25, 0.3) is 0 Å². The quantitative estimate of drug-likeness (QED) is 0.243. The van der Waals surface area contributed by atoms with Crippen molar-refractivity contribution in [1.82, 2.24) is 10.6 Å². The Morgan fingerprint density at radius 1 is 0.750 bits per heavy atom. The van der Waals surface area contributed by atoms with Crippen LogP contribution in [-0.4, -0.2) is 49.9 Å². The molecule has 0 spiro atoms. The topological polar surface area (TPSA) is 93.7 Å². The summed E-state index contributed by atoms with van der Waals surface area (Å²) in [5, 5.41) is 8.84. The van der Waals surface area contributed by atoms with E-state index in [0.29, 0.717) is 12.6 Å². The minimum atomic E-state index is -2.15. The van der Waals surface area contributed by atoms with Crippen molar-refractivity contribution in [3.63, 3.8) is 0 Å². The van der Waals surface area contributed by atoms with Crippen LogP contribution in [0.5, 0.6) is 0 Å². The average Bonchev–Trinajstić information content (AvgIpc) is 2.95. The number of halogens is 1. The third kappa shape index (κ3) is 8.54. The molecule has 0 saturated carbocycles. The molecule has 0 bridgehead atoms. The van der Waals surface area contributed by atoms with Gasteiger partial charge < -0.3 is 32.5 Å². The van der Waals surface area contributed by atoms with Gasteiger partial charge in [0.2, 0.25) is 5.91 Å². The van der Waals surface area contributed by atoms with Crippen molar-refractivity contribution in [2.24, 2.45) is 5.92 Å². The molecule has 0 heterocycles. The van der Waals surface area contributed by atoms with E-state index in [1.54, 1.807) is 6.92 Å². The van der Waals surface area contributed by atoms with Gasteiger partial charge in [-0.3, -0.25) is 4.79 Å². The molecule has 3 aromatic rings. The zero-order chi connectivity index (χ0) is 28.3. The maximum absolute atomic E-state index is 12.7. The summed E-state index contributed by atoms with van der Waals surface area (Å²) in [4.78, 5) is 37.5. The van der Waals surface area contributed by atoms with Crippen LogP contribution in [-0.2, 0) is 19.1 Å². The van der Waals surface area contributed by atoms with E-state index >= 15 is 0 Å². The van der Waals surface area contributed by atoms with E-state index in [2.05, 4.69) is 47.0 Å². The molecule has 3 rings (SSSR count).